The molecular formula is C14H14FN3O2S. The molecule has 5 nitrogen and oxygen atoms in total. The Morgan fingerprint density at radius 2 is 1.86 bits per heavy atom. The van der Waals surface area contributed by atoms with Gasteiger partial charge in [0.2, 0.25) is 10.0 Å². The molecule has 110 valence electrons. The summed E-state index contributed by atoms with van der Waals surface area (Å²) in [6, 6.07) is 11.4. The molecule has 0 radical (unpaired) electrons. The summed E-state index contributed by atoms with van der Waals surface area (Å²) in [5.74, 6) is -0.662. The van der Waals surface area contributed by atoms with Crippen LogP contribution in [0.2, 0.25) is 0 Å². The molecule has 0 fully saturated rings. The lowest BCUT2D eigenvalue weighted by Gasteiger charge is -2.07. The predicted molar refractivity (Wildman–Crippen MR) is 77.9 cm³/mol. The first kappa shape index (κ1) is 15.1. The molecule has 4 N–H and O–H groups in total. The molecular weight excluding hydrogens is 293 g/mol. The van der Waals surface area contributed by atoms with Crippen molar-refractivity contribution in [1.82, 2.24) is 4.72 Å². The number of hydrogen-bond donors (Lipinski definition) is 3. The molecule has 0 heterocycles. The third-order valence-electron chi connectivity index (χ3n) is 2.84. The van der Waals surface area contributed by atoms with Crippen LogP contribution >= 0.6 is 0 Å². The van der Waals surface area contributed by atoms with E-state index in [1.807, 2.05) is 0 Å². The fraction of sp³-hybridized carbons (Fsp3) is 0.0714. The van der Waals surface area contributed by atoms with Crippen LogP contribution in [0, 0.1) is 11.2 Å². The smallest absolute Gasteiger partial charge is 0.240 e. The molecule has 0 aliphatic carbocycles. The lowest BCUT2D eigenvalue weighted by atomic mass is 10.1. The zero-order valence-corrected chi connectivity index (χ0v) is 11.8. The Morgan fingerprint density at radius 3 is 2.43 bits per heavy atom. The van der Waals surface area contributed by atoms with Crippen molar-refractivity contribution in [1.29, 1.82) is 5.41 Å². The first-order chi connectivity index (χ1) is 9.88. The van der Waals surface area contributed by atoms with E-state index in [0.717, 1.165) is 6.07 Å². The van der Waals surface area contributed by atoms with Gasteiger partial charge in [-0.15, -0.1) is 0 Å². The van der Waals surface area contributed by atoms with Crippen molar-refractivity contribution >= 4 is 15.9 Å². The van der Waals surface area contributed by atoms with Crippen LogP contribution in [-0.2, 0) is 16.6 Å². The molecule has 0 spiro atoms. The number of nitrogens with one attached hydrogen (secondary N) is 2. The Kier molecular flexibility index (Phi) is 4.35. The van der Waals surface area contributed by atoms with E-state index in [1.54, 1.807) is 24.3 Å². The second kappa shape index (κ2) is 6.02. The first-order valence-corrected chi connectivity index (χ1v) is 7.55. The van der Waals surface area contributed by atoms with Gasteiger partial charge in [0, 0.05) is 12.1 Å². The third-order valence-corrected chi connectivity index (χ3v) is 4.24. The fourth-order valence-electron chi connectivity index (χ4n) is 1.70. The topological polar surface area (TPSA) is 96.0 Å². The van der Waals surface area contributed by atoms with Crippen molar-refractivity contribution in [3.8, 4) is 0 Å². The van der Waals surface area contributed by atoms with Gasteiger partial charge in [0.25, 0.3) is 0 Å². The Morgan fingerprint density at radius 1 is 1.19 bits per heavy atom. The Hall–Kier alpha value is -2.25. The quantitative estimate of drug-likeness (QED) is 0.578. The van der Waals surface area contributed by atoms with Crippen molar-refractivity contribution in [2.24, 2.45) is 5.73 Å². The van der Waals surface area contributed by atoms with E-state index < -0.39 is 15.8 Å². The summed E-state index contributed by atoms with van der Waals surface area (Å²) in [6.07, 6.45) is 0. The number of amidine groups is 1. The second-order valence-electron chi connectivity index (χ2n) is 4.39. The van der Waals surface area contributed by atoms with Crippen LogP contribution in [0.5, 0.6) is 0 Å². The molecule has 7 heteroatoms. The summed E-state index contributed by atoms with van der Waals surface area (Å²) in [7, 11) is -3.76. The molecule has 0 atom stereocenters. The summed E-state index contributed by atoms with van der Waals surface area (Å²) in [4.78, 5) is -0.122. The van der Waals surface area contributed by atoms with Crippen LogP contribution in [0.1, 0.15) is 11.1 Å². The SMILES string of the molecule is N=C(N)c1ccc(CNS(=O)(=O)c2cccc(F)c2)cc1. The van der Waals surface area contributed by atoms with Crippen molar-refractivity contribution in [3.63, 3.8) is 0 Å². The minimum atomic E-state index is -3.76. The number of sulfonamides is 1. The maximum Gasteiger partial charge on any atom is 0.240 e. The van der Waals surface area contributed by atoms with Crippen molar-refractivity contribution in [3.05, 3.63) is 65.5 Å². The van der Waals surface area contributed by atoms with Crippen molar-refractivity contribution in [2.45, 2.75) is 11.4 Å². The van der Waals surface area contributed by atoms with E-state index in [2.05, 4.69) is 4.72 Å². The molecule has 2 rings (SSSR count). The summed E-state index contributed by atoms with van der Waals surface area (Å²) >= 11 is 0. The van der Waals surface area contributed by atoms with Crippen LogP contribution in [-0.4, -0.2) is 14.3 Å². The zero-order chi connectivity index (χ0) is 15.5. The van der Waals surface area contributed by atoms with Crippen LogP contribution in [0.15, 0.2) is 53.4 Å². The number of nitrogen functional groups attached to an aromatic ring is 1. The Balaban J connectivity index is 2.10. The van der Waals surface area contributed by atoms with Gasteiger partial charge in [0.1, 0.15) is 11.7 Å². The maximum atomic E-state index is 13.1. The maximum absolute atomic E-state index is 13.1. The van der Waals surface area contributed by atoms with Gasteiger partial charge in [0.15, 0.2) is 0 Å². The minimum absolute atomic E-state index is 0.0538. The summed E-state index contributed by atoms with van der Waals surface area (Å²) in [5.41, 5.74) is 6.60. The highest BCUT2D eigenvalue weighted by molar-refractivity contribution is 7.89. The highest BCUT2D eigenvalue weighted by Gasteiger charge is 2.14. The Labute approximate surface area is 122 Å². The average molecular weight is 307 g/mol. The van der Waals surface area contributed by atoms with Gasteiger partial charge < -0.3 is 5.73 Å². The van der Waals surface area contributed by atoms with E-state index >= 15 is 0 Å². The fourth-order valence-corrected chi connectivity index (χ4v) is 2.75. The standard InChI is InChI=1S/C14H14FN3O2S/c15-12-2-1-3-13(8-12)21(19,20)18-9-10-4-6-11(7-5-10)14(16)17/h1-8,18H,9H2,(H3,16,17). The highest BCUT2D eigenvalue weighted by Crippen LogP contribution is 2.11. The lowest BCUT2D eigenvalue weighted by Crippen LogP contribution is -2.23. The molecule has 0 aliphatic heterocycles. The number of halogens is 1. The molecule has 2 aromatic rings. The molecule has 0 aromatic heterocycles. The van der Waals surface area contributed by atoms with E-state index in [-0.39, 0.29) is 17.3 Å². The van der Waals surface area contributed by atoms with Gasteiger partial charge in [0.05, 0.1) is 4.90 Å². The van der Waals surface area contributed by atoms with E-state index in [1.165, 1.54) is 18.2 Å². The van der Waals surface area contributed by atoms with E-state index in [9.17, 15) is 12.8 Å². The van der Waals surface area contributed by atoms with E-state index in [0.29, 0.717) is 11.1 Å². The summed E-state index contributed by atoms with van der Waals surface area (Å²) in [5, 5.41) is 7.27. The molecule has 0 bridgehead atoms. The highest BCUT2D eigenvalue weighted by atomic mass is 32.2. The number of rotatable bonds is 5. The van der Waals surface area contributed by atoms with Crippen molar-refractivity contribution < 1.29 is 12.8 Å². The molecule has 2 aromatic carbocycles. The molecule has 21 heavy (non-hydrogen) atoms. The van der Waals surface area contributed by atoms with Crippen LogP contribution in [0.25, 0.3) is 0 Å². The predicted octanol–water partition coefficient (Wildman–Crippen LogP) is 1.59. The van der Waals surface area contributed by atoms with Gasteiger partial charge in [-0.2, -0.15) is 0 Å². The van der Waals surface area contributed by atoms with Crippen LogP contribution in [0.3, 0.4) is 0 Å². The molecule has 0 amide bonds. The van der Waals surface area contributed by atoms with Crippen LogP contribution < -0.4 is 10.5 Å². The van der Waals surface area contributed by atoms with Crippen molar-refractivity contribution in [2.75, 3.05) is 0 Å². The van der Waals surface area contributed by atoms with Gasteiger partial charge >= 0.3 is 0 Å². The molecule has 0 saturated heterocycles. The van der Waals surface area contributed by atoms with Gasteiger partial charge in [-0.3, -0.25) is 5.41 Å². The van der Waals surface area contributed by atoms with Gasteiger partial charge in [-0.1, -0.05) is 30.3 Å². The first-order valence-electron chi connectivity index (χ1n) is 6.07. The minimum Gasteiger partial charge on any atom is -0.384 e. The third kappa shape index (κ3) is 3.87. The van der Waals surface area contributed by atoms with Crippen LogP contribution in [0.4, 0.5) is 4.39 Å². The largest absolute Gasteiger partial charge is 0.384 e. The normalized spacial score (nSPS) is 11.3. The molecule has 0 aliphatic rings. The second-order valence-corrected chi connectivity index (χ2v) is 6.16. The van der Waals surface area contributed by atoms with E-state index in [4.69, 9.17) is 11.1 Å². The zero-order valence-electron chi connectivity index (χ0n) is 11.0. The molecule has 0 unspecified atom stereocenters. The monoisotopic (exact) mass is 307 g/mol. The molecule has 0 saturated carbocycles. The number of nitrogens with two attached hydrogens (primary N) is 1. The number of benzene rings is 2. The van der Waals surface area contributed by atoms with Gasteiger partial charge in [-0.05, 0) is 23.8 Å². The Bertz CT molecular complexity index is 758. The summed E-state index contributed by atoms with van der Waals surface area (Å²) in [6.45, 7) is 0.0665. The average Bonchev–Trinajstić information content (AvgIpc) is 2.45. The lowest BCUT2D eigenvalue weighted by molar-refractivity contribution is 0.577. The van der Waals surface area contributed by atoms with Gasteiger partial charge in [-0.25, -0.2) is 17.5 Å². The summed E-state index contributed by atoms with van der Waals surface area (Å²) < 4.78 is 39.4. The number of hydrogen-bond acceptors (Lipinski definition) is 3.